The maximum absolute atomic E-state index is 13.3. The second-order valence-electron chi connectivity index (χ2n) is 5.35. The summed E-state index contributed by atoms with van der Waals surface area (Å²) in [6.07, 6.45) is 1.76. The first-order valence-electron chi connectivity index (χ1n) is 7.07. The van der Waals surface area contributed by atoms with Crippen LogP contribution in [0.15, 0.2) is 54.3 Å². The first-order valence-corrected chi connectivity index (χ1v) is 7.07. The highest BCUT2D eigenvalue weighted by Gasteiger charge is 2.30. The molecule has 0 radical (unpaired) electrons. The number of halogens is 2. The summed E-state index contributed by atoms with van der Waals surface area (Å²) < 4.78 is 31.9. The lowest BCUT2D eigenvalue weighted by Gasteiger charge is -2.03. The van der Waals surface area contributed by atoms with E-state index in [9.17, 15) is 13.6 Å². The van der Waals surface area contributed by atoms with Gasteiger partial charge < -0.3 is 10.1 Å². The molecule has 0 saturated heterocycles. The minimum absolute atomic E-state index is 0.300. The van der Waals surface area contributed by atoms with Gasteiger partial charge in [-0.05, 0) is 42.0 Å². The molecule has 1 N–H and O–H groups in total. The second-order valence-corrected chi connectivity index (χ2v) is 5.35. The molecule has 0 unspecified atom stereocenters. The smallest absolute Gasteiger partial charge is 0.260 e. The first kappa shape index (κ1) is 13.7. The zero-order chi connectivity index (χ0) is 16.0. The average Bonchev–Trinajstić information content (AvgIpc) is 3.11. The van der Waals surface area contributed by atoms with Gasteiger partial charge in [-0.15, -0.1) is 0 Å². The summed E-state index contributed by atoms with van der Waals surface area (Å²) in [5.74, 6) is -0.604. The summed E-state index contributed by atoms with van der Waals surface area (Å²) in [6, 6.07) is 10.2. The van der Waals surface area contributed by atoms with Crippen molar-refractivity contribution < 1.29 is 18.3 Å². The number of carbonyl (C=O) groups is 1. The predicted molar refractivity (Wildman–Crippen MR) is 82.3 cm³/mol. The van der Waals surface area contributed by atoms with Crippen molar-refractivity contribution in [1.29, 1.82) is 0 Å². The topological polar surface area (TPSA) is 38.3 Å². The van der Waals surface area contributed by atoms with E-state index in [1.54, 1.807) is 24.3 Å². The van der Waals surface area contributed by atoms with Crippen molar-refractivity contribution in [3.05, 3.63) is 77.1 Å². The number of rotatable bonds is 1. The Labute approximate surface area is 130 Å². The van der Waals surface area contributed by atoms with Crippen LogP contribution in [-0.4, -0.2) is 12.5 Å². The maximum atomic E-state index is 13.3. The van der Waals surface area contributed by atoms with E-state index in [2.05, 4.69) is 5.32 Å². The number of ether oxygens (including phenoxy) is 1. The molecule has 2 aromatic rings. The minimum atomic E-state index is -0.412. The van der Waals surface area contributed by atoms with Gasteiger partial charge in [0, 0.05) is 11.1 Å². The van der Waals surface area contributed by atoms with Gasteiger partial charge >= 0.3 is 0 Å². The number of fused-ring (bicyclic) bond motifs is 1. The number of benzene rings is 2. The third-order valence-electron chi connectivity index (χ3n) is 3.88. The molecular formula is C18H11F2NO2. The lowest BCUT2D eigenvalue weighted by Crippen LogP contribution is -2.05. The number of hydrogen-bond acceptors (Lipinski definition) is 2. The number of anilines is 1. The van der Waals surface area contributed by atoms with Crippen LogP contribution in [0.1, 0.15) is 11.1 Å². The Balaban J connectivity index is 1.78. The highest BCUT2D eigenvalue weighted by Crippen LogP contribution is 2.38. The van der Waals surface area contributed by atoms with E-state index < -0.39 is 5.82 Å². The van der Waals surface area contributed by atoms with Crippen molar-refractivity contribution in [2.75, 3.05) is 11.9 Å². The highest BCUT2D eigenvalue weighted by atomic mass is 19.1. The monoisotopic (exact) mass is 311 g/mol. The molecule has 3 nitrogen and oxygen atoms in total. The normalized spacial score (nSPS) is 19.2. The van der Waals surface area contributed by atoms with Crippen LogP contribution in [0.5, 0.6) is 0 Å². The minimum Gasteiger partial charge on any atom is -0.488 e. The van der Waals surface area contributed by atoms with E-state index in [1.807, 2.05) is 0 Å². The standard InChI is InChI=1S/C18H11F2NO2/c19-12-3-1-10(2-4-12)11-7-16(23-9-11)17-14-6-5-13(20)8-15(14)21-18(17)22/h1-8H,9H2,(H,21,22). The van der Waals surface area contributed by atoms with Crippen LogP contribution in [0.25, 0.3) is 11.1 Å². The molecular weight excluding hydrogens is 300 g/mol. The highest BCUT2D eigenvalue weighted by molar-refractivity contribution is 6.32. The molecule has 0 fully saturated rings. The van der Waals surface area contributed by atoms with Gasteiger partial charge in [0.1, 0.15) is 24.0 Å². The van der Waals surface area contributed by atoms with Crippen molar-refractivity contribution >= 4 is 22.7 Å². The van der Waals surface area contributed by atoms with E-state index in [-0.39, 0.29) is 11.7 Å². The second kappa shape index (κ2) is 5.05. The van der Waals surface area contributed by atoms with Gasteiger partial charge in [0.05, 0.1) is 11.3 Å². The Bertz CT molecular complexity index is 882. The Hall–Kier alpha value is -2.95. The van der Waals surface area contributed by atoms with Crippen LogP contribution in [0, 0.1) is 11.6 Å². The fourth-order valence-corrected chi connectivity index (χ4v) is 2.76. The molecule has 0 saturated carbocycles. The summed E-state index contributed by atoms with van der Waals surface area (Å²) in [4.78, 5) is 12.2. The summed E-state index contributed by atoms with van der Waals surface area (Å²) >= 11 is 0. The molecule has 2 heterocycles. The zero-order valence-electron chi connectivity index (χ0n) is 11.9. The summed E-state index contributed by atoms with van der Waals surface area (Å²) in [5.41, 5.74) is 3.13. The number of hydrogen-bond donors (Lipinski definition) is 1. The molecule has 4 rings (SSSR count). The van der Waals surface area contributed by atoms with Crippen LogP contribution < -0.4 is 5.32 Å². The molecule has 0 bridgehead atoms. The molecule has 5 heteroatoms. The lowest BCUT2D eigenvalue weighted by molar-refractivity contribution is -0.110. The van der Waals surface area contributed by atoms with Crippen LogP contribution in [0.4, 0.5) is 14.5 Å². The third-order valence-corrected chi connectivity index (χ3v) is 3.88. The van der Waals surface area contributed by atoms with Gasteiger partial charge in [-0.3, -0.25) is 4.79 Å². The van der Waals surface area contributed by atoms with Crippen LogP contribution in [0.3, 0.4) is 0 Å². The van der Waals surface area contributed by atoms with Gasteiger partial charge in [-0.25, -0.2) is 8.78 Å². The summed E-state index contributed by atoms with van der Waals surface area (Å²) in [6.45, 7) is 0.300. The molecule has 1 amide bonds. The van der Waals surface area contributed by atoms with Crippen molar-refractivity contribution in [3.63, 3.8) is 0 Å². The largest absolute Gasteiger partial charge is 0.488 e. The van der Waals surface area contributed by atoms with E-state index in [1.165, 1.54) is 24.3 Å². The Kier molecular flexibility index (Phi) is 3.01. The number of allylic oxidation sites excluding steroid dienone is 1. The fraction of sp³-hybridized carbons (Fsp3) is 0.0556. The Morgan fingerprint density at radius 1 is 1.00 bits per heavy atom. The van der Waals surface area contributed by atoms with Gasteiger partial charge in [0.25, 0.3) is 5.91 Å². The molecule has 0 aliphatic carbocycles. The van der Waals surface area contributed by atoms with Gasteiger partial charge in [0.2, 0.25) is 0 Å². The van der Waals surface area contributed by atoms with Crippen molar-refractivity contribution in [2.45, 2.75) is 0 Å². The fourth-order valence-electron chi connectivity index (χ4n) is 2.76. The van der Waals surface area contributed by atoms with Crippen molar-refractivity contribution in [3.8, 4) is 0 Å². The molecule has 0 spiro atoms. The molecule has 23 heavy (non-hydrogen) atoms. The third kappa shape index (κ3) is 2.30. The van der Waals surface area contributed by atoms with E-state index >= 15 is 0 Å². The lowest BCUT2D eigenvalue weighted by atomic mass is 10.0. The van der Waals surface area contributed by atoms with Crippen molar-refractivity contribution in [1.82, 2.24) is 0 Å². The van der Waals surface area contributed by atoms with Crippen molar-refractivity contribution in [2.24, 2.45) is 0 Å². The first-order chi connectivity index (χ1) is 11.1. The van der Waals surface area contributed by atoms with Crippen LogP contribution in [0.2, 0.25) is 0 Å². The van der Waals surface area contributed by atoms with Crippen LogP contribution >= 0.6 is 0 Å². The molecule has 0 atom stereocenters. The summed E-state index contributed by atoms with van der Waals surface area (Å²) in [5, 5.41) is 2.63. The SMILES string of the molecule is O=C1Nc2cc(F)ccc2C1=C1C=C(c2ccc(F)cc2)CO1. The molecule has 2 aromatic carbocycles. The van der Waals surface area contributed by atoms with Crippen LogP contribution in [-0.2, 0) is 9.53 Å². The van der Waals surface area contributed by atoms with E-state index in [0.29, 0.717) is 29.2 Å². The zero-order valence-corrected chi connectivity index (χ0v) is 11.9. The molecule has 2 aliphatic rings. The average molecular weight is 311 g/mol. The Morgan fingerprint density at radius 2 is 1.74 bits per heavy atom. The Morgan fingerprint density at radius 3 is 2.52 bits per heavy atom. The predicted octanol–water partition coefficient (Wildman–Crippen LogP) is 3.74. The summed E-state index contributed by atoms with van der Waals surface area (Å²) in [7, 11) is 0. The molecule has 2 aliphatic heterocycles. The van der Waals surface area contributed by atoms with E-state index in [4.69, 9.17) is 4.74 Å². The number of nitrogens with one attached hydrogen (secondary N) is 1. The number of amides is 1. The number of carbonyl (C=O) groups excluding carboxylic acids is 1. The molecule has 0 aromatic heterocycles. The maximum Gasteiger partial charge on any atom is 0.260 e. The quantitative estimate of drug-likeness (QED) is 0.815. The van der Waals surface area contributed by atoms with E-state index in [0.717, 1.165) is 11.1 Å². The van der Waals surface area contributed by atoms with Gasteiger partial charge in [-0.1, -0.05) is 12.1 Å². The molecule has 114 valence electrons. The van der Waals surface area contributed by atoms with Gasteiger partial charge in [-0.2, -0.15) is 0 Å². The van der Waals surface area contributed by atoms with Gasteiger partial charge in [0.15, 0.2) is 0 Å².